The van der Waals surface area contributed by atoms with E-state index in [-0.39, 0.29) is 29.5 Å². The molecule has 0 saturated heterocycles. The van der Waals surface area contributed by atoms with Crippen molar-refractivity contribution >= 4 is 21.9 Å². The number of hydrogen-bond donors (Lipinski definition) is 2. The van der Waals surface area contributed by atoms with Crippen LogP contribution >= 0.6 is 0 Å². The minimum atomic E-state index is -3.60. The molecule has 1 amide bonds. The first-order chi connectivity index (χ1) is 10.1. The molecule has 2 N–H and O–H groups in total. The highest BCUT2D eigenvalue weighted by atomic mass is 32.2. The van der Waals surface area contributed by atoms with Gasteiger partial charge in [0, 0.05) is 40.3 Å². The molecule has 8 nitrogen and oxygen atoms in total. The summed E-state index contributed by atoms with van der Waals surface area (Å²) in [6, 6.07) is 1.30. The Morgan fingerprint density at radius 1 is 1.41 bits per heavy atom. The second-order valence-electron chi connectivity index (χ2n) is 5.37. The fourth-order valence-electron chi connectivity index (χ4n) is 1.84. The van der Waals surface area contributed by atoms with Crippen molar-refractivity contribution in [1.82, 2.24) is 14.2 Å². The Labute approximate surface area is 129 Å². The van der Waals surface area contributed by atoms with Crippen molar-refractivity contribution in [2.24, 2.45) is 13.0 Å². The maximum atomic E-state index is 12.1. The van der Waals surface area contributed by atoms with Gasteiger partial charge in [0.05, 0.1) is 0 Å². The molecule has 1 heterocycles. The van der Waals surface area contributed by atoms with Crippen LogP contribution in [0.5, 0.6) is 0 Å². The second kappa shape index (κ2) is 6.93. The lowest BCUT2D eigenvalue weighted by molar-refractivity contribution is -0.137. The summed E-state index contributed by atoms with van der Waals surface area (Å²) in [5.41, 5.74) is 0.197. The number of carboxylic acids is 1. The van der Waals surface area contributed by atoms with Gasteiger partial charge in [0.25, 0.3) is 5.91 Å². The minimum Gasteiger partial charge on any atom is -0.481 e. The Morgan fingerprint density at radius 2 is 2.00 bits per heavy atom. The van der Waals surface area contributed by atoms with Gasteiger partial charge in [-0.2, -0.15) is 0 Å². The molecule has 0 radical (unpaired) electrons. The summed E-state index contributed by atoms with van der Waals surface area (Å²) < 4.78 is 26.5. The lowest BCUT2D eigenvalue weighted by Gasteiger charge is -2.10. The van der Waals surface area contributed by atoms with Crippen molar-refractivity contribution in [2.45, 2.75) is 18.2 Å². The first-order valence-corrected chi connectivity index (χ1v) is 8.08. The van der Waals surface area contributed by atoms with E-state index in [4.69, 9.17) is 5.11 Å². The summed E-state index contributed by atoms with van der Waals surface area (Å²) in [5, 5.41) is 11.3. The number of nitrogens with zero attached hydrogens (tertiary/aromatic N) is 2. The van der Waals surface area contributed by atoms with Crippen LogP contribution in [0.4, 0.5) is 0 Å². The monoisotopic (exact) mass is 331 g/mol. The zero-order valence-corrected chi connectivity index (χ0v) is 13.8. The van der Waals surface area contributed by atoms with Crippen LogP contribution in [0.25, 0.3) is 0 Å². The molecule has 0 spiro atoms. The summed E-state index contributed by atoms with van der Waals surface area (Å²) in [6.45, 7) is 1.91. The lowest BCUT2D eigenvalue weighted by atomic mass is 10.1. The number of aliphatic carboxylic acids is 1. The third-order valence-electron chi connectivity index (χ3n) is 3.13. The highest BCUT2D eigenvalue weighted by Crippen LogP contribution is 2.16. The van der Waals surface area contributed by atoms with E-state index in [2.05, 4.69) is 5.32 Å². The van der Waals surface area contributed by atoms with Crippen LogP contribution in [0.3, 0.4) is 0 Å². The van der Waals surface area contributed by atoms with E-state index < -0.39 is 21.9 Å². The number of carbonyl (C=O) groups is 2. The average molecular weight is 331 g/mol. The summed E-state index contributed by atoms with van der Waals surface area (Å²) in [4.78, 5) is 22.7. The van der Waals surface area contributed by atoms with Crippen LogP contribution in [0.1, 0.15) is 23.8 Å². The van der Waals surface area contributed by atoms with Gasteiger partial charge in [-0.3, -0.25) is 9.59 Å². The molecule has 1 aromatic rings. The maximum Gasteiger partial charge on any atom is 0.303 e. The Morgan fingerprint density at radius 3 is 2.50 bits per heavy atom. The quantitative estimate of drug-likeness (QED) is 0.737. The second-order valence-corrected chi connectivity index (χ2v) is 7.52. The number of hydrogen-bond acceptors (Lipinski definition) is 4. The van der Waals surface area contributed by atoms with Gasteiger partial charge in [0.2, 0.25) is 10.0 Å². The number of nitrogens with one attached hydrogen (secondary N) is 1. The van der Waals surface area contributed by atoms with E-state index in [0.29, 0.717) is 0 Å². The minimum absolute atomic E-state index is 0.0312. The summed E-state index contributed by atoms with van der Waals surface area (Å²) in [6.07, 6.45) is 1.32. The van der Waals surface area contributed by atoms with Gasteiger partial charge >= 0.3 is 5.97 Å². The van der Waals surface area contributed by atoms with Crippen LogP contribution in [-0.4, -0.2) is 54.9 Å². The molecule has 0 saturated carbocycles. The van der Waals surface area contributed by atoms with Gasteiger partial charge in [0.1, 0.15) is 10.6 Å². The standard InChI is InChI=1S/C13H21N3O5S/c1-9(5-12(17)18)7-14-13(19)11-6-10(8-16(11)4)22(20,21)15(2)3/h6,8-9H,5,7H2,1-4H3,(H,14,19)(H,17,18). The average Bonchev–Trinajstić information content (AvgIpc) is 2.77. The normalized spacial score (nSPS) is 13.1. The van der Waals surface area contributed by atoms with E-state index in [1.165, 1.54) is 30.9 Å². The van der Waals surface area contributed by atoms with Crippen molar-refractivity contribution in [3.05, 3.63) is 18.0 Å². The number of rotatable bonds is 7. The highest BCUT2D eigenvalue weighted by Gasteiger charge is 2.22. The molecule has 22 heavy (non-hydrogen) atoms. The Balaban J connectivity index is 2.84. The molecule has 0 aliphatic heterocycles. The Kier molecular flexibility index (Phi) is 5.72. The van der Waals surface area contributed by atoms with Gasteiger partial charge in [-0.15, -0.1) is 0 Å². The van der Waals surface area contributed by atoms with E-state index in [9.17, 15) is 18.0 Å². The SMILES string of the molecule is CC(CNC(=O)c1cc(S(=O)(=O)N(C)C)cn1C)CC(=O)O. The molecule has 1 unspecified atom stereocenters. The molecular formula is C13H21N3O5S. The fourth-order valence-corrected chi connectivity index (χ4v) is 2.81. The van der Waals surface area contributed by atoms with Crippen LogP contribution in [0.15, 0.2) is 17.2 Å². The van der Waals surface area contributed by atoms with Crippen LogP contribution in [-0.2, 0) is 21.9 Å². The molecule has 0 aliphatic rings. The summed E-state index contributed by atoms with van der Waals surface area (Å²) in [7, 11) is 0.794. The van der Waals surface area contributed by atoms with Gasteiger partial charge in [-0.25, -0.2) is 12.7 Å². The number of sulfonamides is 1. The number of carboxylic acid groups (broad SMARTS) is 1. The van der Waals surface area contributed by atoms with E-state index in [1.807, 2.05) is 0 Å². The van der Waals surface area contributed by atoms with E-state index in [1.54, 1.807) is 14.0 Å². The molecule has 0 bridgehead atoms. The smallest absolute Gasteiger partial charge is 0.303 e. The summed E-state index contributed by atoms with van der Waals surface area (Å²) in [5.74, 6) is -1.59. The van der Waals surface area contributed by atoms with Gasteiger partial charge in [-0.05, 0) is 12.0 Å². The molecule has 0 aromatic carbocycles. The molecule has 124 valence electrons. The van der Waals surface area contributed by atoms with Crippen molar-refractivity contribution in [3.63, 3.8) is 0 Å². The number of aryl methyl sites for hydroxylation is 1. The molecule has 1 atom stereocenters. The fraction of sp³-hybridized carbons (Fsp3) is 0.538. The lowest BCUT2D eigenvalue weighted by Crippen LogP contribution is -2.30. The third kappa shape index (κ3) is 4.31. The topological polar surface area (TPSA) is 109 Å². The van der Waals surface area contributed by atoms with Crippen LogP contribution in [0.2, 0.25) is 0 Å². The van der Waals surface area contributed by atoms with Crippen molar-refractivity contribution in [3.8, 4) is 0 Å². The van der Waals surface area contributed by atoms with Crippen molar-refractivity contribution < 1.29 is 23.1 Å². The van der Waals surface area contributed by atoms with E-state index >= 15 is 0 Å². The first-order valence-electron chi connectivity index (χ1n) is 6.64. The molecule has 1 rings (SSSR count). The zero-order valence-electron chi connectivity index (χ0n) is 13.0. The third-order valence-corrected chi connectivity index (χ3v) is 4.91. The van der Waals surface area contributed by atoms with Gasteiger partial charge in [-0.1, -0.05) is 6.92 Å². The molecule has 9 heteroatoms. The Hall–Kier alpha value is -1.87. The molecule has 0 aliphatic carbocycles. The predicted molar refractivity (Wildman–Crippen MR) is 80.0 cm³/mol. The van der Waals surface area contributed by atoms with Crippen LogP contribution < -0.4 is 5.32 Å². The Bertz CT molecular complexity index is 663. The molecule has 0 fully saturated rings. The molecule has 1 aromatic heterocycles. The van der Waals surface area contributed by atoms with Crippen molar-refractivity contribution in [1.29, 1.82) is 0 Å². The van der Waals surface area contributed by atoms with Crippen molar-refractivity contribution in [2.75, 3.05) is 20.6 Å². The maximum absolute atomic E-state index is 12.1. The zero-order chi connectivity index (χ0) is 17.1. The number of amides is 1. The summed E-state index contributed by atoms with van der Waals surface area (Å²) >= 11 is 0. The molecular weight excluding hydrogens is 310 g/mol. The van der Waals surface area contributed by atoms with E-state index in [0.717, 1.165) is 4.31 Å². The largest absolute Gasteiger partial charge is 0.481 e. The first kappa shape index (κ1) is 18.2. The highest BCUT2D eigenvalue weighted by molar-refractivity contribution is 7.89. The predicted octanol–water partition coefficient (Wildman–Crippen LogP) is 0.116. The number of aromatic nitrogens is 1. The number of carbonyl (C=O) groups excluding carboxylic acids is 1. The van der Waals surface area contributed by atoms with Gasteiger partial charge < -0.3 is 15.0 Å². The van der Waals surface area contributed by atoms with Crippen LogP contribution in [0, 0.1) is 5.92 Å². The van der Waals surface area contributed by atoms with Gasteiger partial charge in [0.15, 0.2) is 0 Å².